The number of fused-ring (bicyclic) bond motifs is 1. The Hall–Kier alpha value is -5.04. The molecule has 5 rings (SSSR count). The first-order valence-corrected chi connectivity index (χ1v) is 11.1. The summed E-state index contributed by atoms with van der Waals surface area (Å²) in [6.45, 7) is 0.310. The number of carbonyl (C=O) groups excluding carboxylic acids is 1. The molecule has 0 aliphatic heterocycles. The number of ether oxygens (including phenoxy) is 1. The summed E-state index contributed by atoms with van der Waals surface area (Å²) >= 11 is 0. The molecule has 0 fully saturated rings. The first-order chi connectivity index (χ1) is 17.5. The summed E-state index contributed by atoms with van der Waals surface area (Å²) in [6.07, 6.45) is 0.750. The molecular weight excluding hydrogens is 458 g/mol. The number of carbonyl (C=O) groups is 1. The van der Waals surface area contributed by atoms with Gasteiger partial charge in [0.15, 0.2) is 0 Å². The second-order valence-corrected chi connectivity index (χ2v) is 8.09. The minimum absolute atomic E-state index is 0.135. The van der Waals surface area contributed by atoms with Gasteiger partial charge in [0.1, 0.15) is 24.2 Å². The van der Waals surface area contributed by atoms with E-state index in [1.165, 1.54) is 6.07 Å². The molecule has 4 aromatic carbocycles. The zero-order chi connectivity index (χ0) is 25.1. The molecule has 0 aliphatic carbocycles. The largest absolute Gasteiger partial charge is 0.488 e. The zero-order valence-electron chi connectivity index (χ0n) is 18.9. The summed E-state index contributed by atoms with van der Waals surface area (Å²) in [5.41, 5.74) is 2.11. The maximum Gasteiger partial charge on any atom is 0.359 e. The van der Waals surface area contributed by atoms with Crippen molar-refractivity contribution in [3.05, 3.63) is 129 Å². The number of aldehydes is 1. The normalized spacial score (nSPS) is 10.8. The number of para-hydroxylation sites is 1. The molecular formula is C29H19NO6. The van der Waals surface area contributed by atoms with Crippen LogP contribution in [0.4, 0.5) is 5.69 Å². The number of nitro groups is 1. The van der Waals surface area contributed by atoms with E-state index < -0.39 is 16.0 Å². The van der Waals surface area contributed by atoms with Gasteiger partial charge in [-0.1, -0.05) is 66.7 Å². The third-order valence-electron chi connectivity index (χ3n) is 5.79. The van der Waals surface area contributed by atoms with Gasteiger partial charge in [0, 0.05) is 16.7 Å². The fraction of sp³-hybridized carbons (Fsp3) is 0.0345. The molecule has 5 aromatic rings. The Morgan fingerprint density at radius 3 is 2.28 bits per heavy atom. The van der Waals surface area contributed by atoms with E-state index in [9.17, 15) is 19.7 Å². The van der Waals surface area contributed by atoms with Crippen molar-refractivity contribution in [2.75, 3.05) is 0 Å². The summed E-state index contributed by atoms with van der Waals surface area (Å²) in [5.74, 6) is 0.399. The molecule has 0 N–H and O–H groups in total. The molecule has 0 spiro atoms. The van der Waals surface area contributed by atoms with Gasteiger partial charge in [-0.05, 0) is 41.5 Å². The second-order valence-electron chi connectivity index (χ2n) is 8.09. The molecule has 7 nitrogen and oxygen atoms in total. The lowest BCUT2D eigenvalue weighted by Gasteiger charge is -2.14. The van der Waals surface area contributed by atoms with Crippen LogP contribution in [0.15, 0.2) is 106 Å². The van der Waals surface area contributed by atoms with Crippen molar-refractivity contribution >= 4 is 22.9 Å². The van der Waals surface area contributed by atoms with Crippen molar-refractivity contribution in [2.24, 2.45) is 0 Å². The van der Waals surface area contributed by atoms with Gasteiger partial charge in [0.05, 0.1) is 10.3 Å². The Morgan fingerprint density at radius 2 is 1.56 bits per heavy atom. The van der Waals surface area contributed by atoms with Crippen LogP contribution >= 0.6 is 0 Å². The molecule has 36 heavy (non-hydrogen) atoms. The molecule has 0 atom stereocenters. The lowest BCUT2D eigenvalue weighted by atomic mass is 9.99. The van der Waals surface area contributed by atoms with Gasteiger partial charge in [-0.15, -0.1) is 0 Å². The summed E-state index contributed by atoms with van der Waals surface area (Å²) in [7, 11) is 0. The fourth-order valence-corrected chi connectivity index (χ4v) is 3.99. The first kappa shape index (κ1) is 22.7. The summed E-state index contributed by atoms with van der Waals surface area (Å²) in [4.78, 5) is 35.3. The number of rotatable bonds is 7. The minimum Gasteiger partial charge on any atom is -0.488 e. The van der Waals surface area contributed by atoms with Crippen LogP contribution in [0.5, 0.6) is 5.75 Å². The molecule has 1 aromatic heterocycles. The highest BCUT2D eigenvalue weighted by atomic mass is 16.6. The van der Waals surface area contributed by atoms with Crippen molar-refractivity contribution in [1.29, 1.82) is 0 Å². The molecule has 0 unspecified atom stereocenters. The average molecular weight is 477 g/mol. The van der Waals surface area contributed by atoms with Crippen LogP contribution < -0.4 is 10.2 Å². The van der Waals surface area contributed by atoms with Crippen LogP contribution in [-0.2, 0) is 6.61 Å². The van der Waals surface area contributed by atoms with Crippen molar-refractivity contribution in [3.63, 3.8) is 0 Å². The van der Waals surface area contributed by atoms with E-state index in [-0.39, 0.29) is 16.7 Å². The van der Waals surface area contributed by atoms with E-state index in [0.29, 0.717) is 29.0 Å². The van der Waals surface area contributed by atoms with E-state index in [1.54, 1.807) is 60.7 Å². The van der Waals surface area contributed by atoms with E-state index in [4.69, 9.17) is 9.15 Å². The number of hydrogen-bond donors (Lipinski definition) is 0. The average Bonchev–Trinajstić information content (AvgIpc) is 2.92. The lowest BCUT2D eigenvalue weighted by Crippen LogP contribution is -2.10. The molecule has 1 heterocycles. The topological polar surface area (TPSA) is 99.7 Å². The van der Waals surface area contributed by atoms with Gasteiger partial charge < -0.3 is 9.15 Å². The minimum atomic E-state index is -0.716. The third kappa shape index (κ3) is 4.37. The molecule has 0 amide bonds. The van der Waals surface area contributed by atoms with Gasteiger partial charge in [0.25, 0.3) is 5.43 Å². The number of nitrogens with zero attached hydrogens (tertiary/aromatic N) is 1. The van der Waals surface area contributed by atoms with Crippen molar-refractivity contribution < 1.29 is 18.9 Å². The molecule has 0 bridgehead atoms. The Bertz CT molecular complexity index is 1640. The van der Waals surface area contributed by atoms with Gasteiger partial charge >= 0.3 is 5.69 Å². The molecule has 7 heteroatoms. The molecule has 0 saturated heterocycles. The standard InChI is InChI=1S/C29H19NO6/c31-17-19-10-12-21(13-11-19)24-16-22(14-15-25(24)35-18-20-6-2-1-3-7-20)29-27(30(33)34)28(32)23-8-4-5-9-26(23)36-29/h1-17H,18H2. The van der Waals surface area contributed by atoms with E-state index in [1.807, 2.05) is 30.3 Å². The lowest BCUT2D eigenvalue weighted by molar-refractivity contribution is -0.386. The Balaban J connectivity index is 1.67. The maximum absolute atomic E-state index is 13.0. The SMILES string of the molecule is O=Cc1ccc(-c2cc(-c3oc4ccccc4c(=O)c3[N+](=O)[O-])ccc2OCc2ccccc2)cc1. The van der Waals surface area contributed by atoms with E-state index in [0.717, 1.165) is 17.4 Å². The van der Waals surface area contributed by atoms with Crippen LogP contribution in [0.1, 0.15) is 15.9 Å². The van der Waals surface area contributed by atoms with Gasteiger partial charge in [-0.25, -0.2) is 0 Å². The van der Waals surface area contributed by atoms with Crippen LogP contribution in [0, 0.1) is 10.1 Å². The molecule has 0 radical (unpaired) electrons. The Labute approximate surface area is 205 Å². The van der Waals surface area contributed by atoms with Gasteiger partial charge in [-0.2, -0.15) is 0 Å². The number of benzene rings is 4. The second kappa shape index (κ2) is 9.68. The fourth-order valence-electron chi connectivity index (χ4n) is 3.99. The van der Waals surface area contributed by atoms with Crippen LogP contribution in [0.2, 0.25) is 0 Å². The van der Waals surface area contributed by atoms with Crippen LogP contribution in [0.3, 0.4) is 0 Å². The van der Waals surface area contributed by atoms with Crippen molar-refractivity contribution in [3.8, 4) is 28.2 Å². The predicted octanol–water partition coefficient (Wildman–Crippen LogP) is 6.43. The summed E-state index contributed by atoms with van der Waals surface area (Å²) in [6, 6.07) is 28.0. The van der Waals surface area contributed by atoms with Gasteiger partial charge in [0.2, 0.25) is 5.76 Å². The summed E-state index contributed by atoms with van der Waals surface area (Å²) < 4.78 is 12.0. The van der Waals surface area contributed by atoms with E-state index in [2.05, 4.69) is 0 Å². The number of hydrogen-bond acceptors (Lipinski definition) is 6. The van der Waals surface area contributed by atoms with E-state index >= 15 is 0 Å². The molecule has 0 aliphatic rings. The van der Waals surface area contributed by atoms with Crippen LogP contribution in [0.25, 0.3) is 33.4 Å². The Kier molecular flexibility index (Phi) is 6.11. The maximum atomic E-state index is 13.0. The monoisotopic (exact) mass is 477 g/mol. The van der Waals surface area contributed by atoms with Crippen molar-refractivity contribution in [2.45, 2.75) is 6.61 Å². The Morgan fingerprint density at radius 1 is 0.861 bits per heavy atom. The molecule has 0 saturated carbocycles. The first-order valence-electron chi connectivity index (χ1n) is 11.1. The summed E-state index contributed by atoms with van der Waals surface area (Å²) in [5, 5.41) is 12.0. The quantitative estimate of drug-likeness (QED) is 0.152. The predicted molar refractivity (Wildman–Crippen MR) is 136 cm³/mol. The van der Waals surface area contributed by atoms with Crippen LogP contribution in [-0.4, -0.2) is 11.2 Å². The smallest absolute Gasteiger partial charge is 0.359 e. The third-order valence-corrected chi connectivity index (χ3v) is 5.79. The molecule has 176 valence electrons. The highest BCUT2D eigenvalue weighted by molar-refractivity contribution is 5.86. The van der Waals surface area contributed by atoms with Gasteiger partial charge in [-0.3, -0.25) is 19.7 Å². The highest BCUT2D eigenvalue weighted by Gasteiger charge is 2.26. The zero-order valence-corrected chi connectivity index (χ0v) is 18.9. The highest BCUT2D eigenvalue weighted by Crippen LogP contribution is 2.38. The van der Waals surface area contributed by atoms with Crippen molar-refractivity contribution in [1.82, 2.24) is 0 Å².